The number of aryl methyl sites for hydroxylation is 2. The van der Waals surface area contributed by atoms with E-state index in [1.807, 2.05) is 16.7 Å². The van der Waals surface area contributed by atoms with E-state index in [2.05, 4.69) is 29.0 Å². The number of fused-ring (bicyclic) bond motifs is 6. The number of halogens is 3. The summed E-state index contributed by atoms with van der Waals surface area (Å²) >= 11 is 0. The monoisotopic (exact) mass is 803 g/mol. The Labute approximate surface area is 332 Å². The molecule has 15 heteroatoms. The number of rotatable bonds is 8. The van der Waals surface area contributed by atoms with Gasteiger partial charge < -0.3 is 37.7 Å². The molecule has 0 N–H and O–H groups in total. The molecule has 9 rings (SSSR count). The summed E-state index contributed by atoms with van der Waals surface area (Å²) in [7, 11) is 0. The molecule has 4 aromatic rings. The molecule has 2 atom stereocenters. The van der Waals surface area contributed by atoms with Gasteiger partial charge in [-0.3, -0.25) is 9.36 Å². The fourth-order valence-corrected chi connectivity index (χ4v) is 7.31. The number of pyridine rings is 1. The molecular formula is C43H44F3N3O9. The summed E-state index contributed by atoms with van der Waals surface area (Å²) in [6.45, 7) is 5.29. The molecule has 0 unspecified atom stereocenters. The van der Waals surface area contributed by atoms with Crippen LogP contribution in [0.3, 0.4) is 0 Å². The van der Waals surface area contributed by atoms with Crippen molar-refractivity contribution in [1.82, 2.24) is 14.1 Å². The number of nitrogens with zero attached hydrogens (tertiary/aromatic N) is 3. The van der Waals surface area contributed by atoms with E-state index >= 15 is 0 Å². The molecule has 5 aliphatic rings. The first kappa shape index (κ1) is 39.7. The van der Waals surface area contributed by atoms with Gasteiger partial charge >= 0.3 is 11.9 Å². The summed E-state index contributed by atoms with van der Waals surface area (Å²) < 4.78 is 79.4. The molecule has 2 saturated heterocycles. The van der Waals surface area contributed by atoms with E-state index in [0.29, 0.717) is 94.7 Å². The molecule has 306 valence electrons. The topological polar surface area (TPSA) is 122 Å². The summed E-state index contributed by atoms with van der Waals surface area (Å²) in [6, 6.07) is 14.3. The zero-order valence-corrected chi connectivity index (χ0v) is 32.1. The van der Waals surface area contributed by atoms with Crippen molar-refractivity contribution < 1.29 is 46.3 Å². The summed E-state index contributed by atoms with van der Waals surface area (Å²) in [5, 5.41) is 0. The predicted octanol–water partition coefficient (Wildman–Crippen LogP) is 5.14. The van der Waals surface area contributed by atoms with Crippen LogP contribution in [0.1, 0.15) is 35.1 Å². The average molecular weight is 804 g/mol. The lowest BCUT2D eigenvalue weighted by Crippen LogP contribution is -2.34. The maximum atomic E-state index is 12.6. The van der Waals surface area contributed by atoms with Crippen LogP contribution in [0.4, 0.5) is 13.2 Å². The van der Waals surface area contributed by atoms with Crippen LogP contribution in [0.5, 0.6) is 17.5 Å². The first-order valence-corrected chi connectivity index (χ1v) is 19.6. The summed E-state index contributed by atoms with van der Waals surface area (Å²) in [4.78, 5) is 29.1. The van der Waals surface area contributed by atoms with Gasteiger partial charge in [0.15, 0.2) is 17.9 Å². The second-order valence-electron chi connectivity index (χ2n) is 14.8. The van der Waals surface area contributed by atoms with E-state index in [9.17, 15) is 22.8 Å². The molecule has 2 aromatic carbocycles. The smallest absolute Gasteiger partial charge is 0.422 e. The third-order valence-electron chi connectivity index (χ3n) is 10.4. The molecule has 0 amide bonds. The Hall–Kier alpha value is -5.14. The Morgan fingerprint density at radius 2 is 1.50 bits per heavy atom. The summed E-state index contributed by atoms with van der Waals surface area (Å²) in [6.07, 6.45) is -0.899. The van der Waals surface area contributed by atoms with Crippen LogP contribution in [0.25, 0.3) is 22.5 Å². The fraction of sp³-hybridized carbons (Fsp3) is 0.465. The minimum atomic E-state index is -4.40. The van der Waals surface area contributed by atoms with Gasteiger partial charge in [0, 0.05) is 53.4 Å². The van der Waals surface area contributed by atoms with E-state index < -0.39 is 12.8 Å². The van der Waals surface area contributed by atoms with Gasteiger partial charge in [0.25, 0.3) is 0 Å². The standard InChI is InChI=1S/C22H22N2O4.C21H22F3NO5/c25-22-23-21(28-14-18-13-26-9-10-27-18)12-20-19-6-5-16(4-3-15-1-2-15)11-17(19)7-8-24(20)22;1-13-18(26)9-19(29-11-16-10-27-6-7-28-16)25-5-4-14-8-15(30-12-21(22,23)24)2-3-17(14)20(13)25/h5-6,11-12,15,18H,1-2,7-10,13-14H2;2-3,8-9,16H,4-7,10-12H2,1H3/t18-;16-/m00/s1. The van der Waals surface area contributed by atoms with Crippen LogP contribution in [-0.4, -0.2) is 92.0 Å². The zero-order valence-electron chi connectivity index (χ0n) is 32.1. The first-order chi connectivity index (χ1) is 28.1. The number of benzene rings is 2. The number of aromatic nitrogens is 3. The third-order valence-corrected chi connectivity index (χ3v) is 10.4. The maximum absolute atomic E-state index is 12.6. The highest BCUT2D eigenvalue weighted by atomic mass is 19.4. The van der Waals surface area contributed by atoms with Gasteiger partial charge in [-0.2, -0.15) is 18.2 Å². The van der Waals surface area contributed by atoms with Crippen LogP contribution in [-0.2, 0) is 44.9 Å². The Balaban J connectivity index is 0.000000162. The Bertz CT molecular complexity index is 2310. The van der Waals surface area contributed by atoms with E-state index in [0.717, 1.165) is 34.4 Å². The third kappa shape index (κ3) is 9.58. The van der Waals surface area contributed by atoms with Crippen molar-refractivity contribution in [2.24, 2.45) is 5.92 Å². The molecule has 58 heavy (non-hydrogen) atoms. The number of hydrogen-bond acceptors (Lipinski definition) is 10. The Morgan fingerprint density at radius 1 is 0.810 bits per heavy atom. The van der Waals surface area contributed by atoms with Crippen molar-refractivity contribution in [2.45, 2.75) is 64.1 Å². The van der Waals surface area contributed by atoms with Crippen molar-refractivity contribution in [2.75, 3.05) is 59.5 Å². The highest BCUT2D eigenvalue weighted by molar-refractivity contribution is 5.71. The van der Waals surface area contributed by atoms with E-state index in [-0.39, 0.29) is 35.7 Å². The number of ether oxygens (including phenoxy) is 7. The summed E-state index contributed by atoms with van der Waals surface area (Å²) in [5.74, 6) is 8.10. The second kappa shape index (κ2) is 17.4. The van der Waals surface area contributed by atoms with Crippen molar-refractivity contribution in [3.05, 3.63) is 91.5 Å². The lowest BCUT2D eigenvalue weighted by molar-refractivity contribution is -0.153. The van der Waals surface area contributed by atoms with Gasteiger partial charge in [-0.05, 0) is 74.1 Å². The van der Waals surface area contributed by atoms with Gasteiger partial charge in [0.2, 0.25) is 5.88 Å². The lowest BCUT2D eigenvalue weighted by Gasteiger charge is -2.28. The molecule has 1 aliphatic carbocycles. The Morgan fingerprint density at radius 3 is 2.19 bits per heavy atom. The van der Waals surface area contributed by atoms with Crippen molar-refractivity contribution >= 4 is 0 Å². The molecule has 1 saturated carbocycles. The fourth-order valence-electron chi connectivity index (χ4n) is 7.31. The molecule has 6 heterocycles. The van der Waals surface area contributed by atoms with E-state index in [4.69, 9.17) is 33.2 Å². The van der Waals surface area contributed by atoms with E-state index in [1.165, 1.54) is 30.5 Å². The number of hydrogen-bond donors (Lipinski definition) is 0. The highest BCUT2D eigenvalue weighted by Gasteiger charge is 2.29. The molecule has 0 bridgehead atoms. The van der Waals surface area contributed by atoms with Gasteiger partial charge in [-0.1, -0.05) is 17.9 Å². The van der Waals surface area contributed by atoms with Crippen LogP contribution >= 0.6 is 0 Å². The molecule has 2 aromatic heterocycles. The van der Waals surface area contributed by atoms with Crippen LogP contribution in [0.2, 0.25) is 0 Å². The first-order valence-electron chi connectivity index (χ1n) is 19.6. The van der Waals surface area contributed by atoms with E-state index in [1.54, 1.807) is 23.6 Å². The molecular weight excluding hydrogens is 759 g/mol. The number of alkyl halides is 3. The van der Waals surface area contributed by atoms with Crippen molar-refractivity contribution in [3.8, 4) is 51.9 Å². The Kier molecular flexibility index (Phi) is 11.9. The van der Waals surface area contributed by atoms with Crippen LogP contribution < -0.4 is 25.3 Å². The highest BCUT2D eigenvalue weighted by Crippen LogP contribution is 2.36. The largest absolute Gasteiger partial charge is 0.484 e. The minimum Gasteiger partial charge on any atom is -0.484 e. The predicted molar refractivity (Wildman–Crippen MR) is 205 cm³/mol. The average Bonchev–Trinajstić information content (AvgIpc) is 4.07. The van der Waals surface area contributed by atoms with Crippen LogP contribution in [0.15, 0.2) is 58.1 Å². The second-order valence-corrected chi connectivity index (χ2v) is 14.8. The van der Waals surface area contributed by atoms with Gasteiger partial charge in [-0.25, -0.2) is 4.79 Å². The molecule has 0 radical (unpaired) electrons. The lowest BCUT2D eigenvalue weighted by atomic mass is 9.94. The van der Waals surface area contributed by atoms with Crippen LogP contribution in [0, 0.1) is 24.7 Å². The summed E-state index contributed by atoms with van der Waals surface area (Å²) in [5.41, 5.74) is 6.59. The normalized spacial score (nSPS) is 19.4. The molecule has 12 nitrogen and oxygen atoms in total. The zero-order chi connectivity index (χ0) is 40.2. The van der Waals surface area contributed by atoms with Crippen molar-refractivity contribution in [3.63, 3.8) is 0 Å². The molecule has 3 fully saturated rings. The SMILES string of the molecule is Cc1c2n(c(OC[C@@H]3COCCO3)cc1=O)CCc1cc(OCC(F)(F)F)ccc1-2.O=c1nc(OC[C@@H]2COCCO2)cc2n1CCc1cc(C#CC3CC3)ccc1-2. The minimum absolute atomic E-state index is 0.130. The molecule has 0 spiro atoms. The van der Waals surface area contributed by atoms with Crippen molar-refractivity contribution in [1.29, 1.82) is 0 Å². The van der Waals surface area contributed by atoms with Gasteiger partial charge in [0.1, 0.15) is 31.2 Å². The quantitative estimate of drug-likeness (QED) is 0.222. The maximum Gasteiger partial charge on any atom is 0.422 e. The van der Waals surface area contributed by atoms with Gasteiger partial charge in [0.05, 0.1) is 51.0 Å². The van der Waals surface area contributed by atoms with Gasteiger partial charge in [-0.15, -0.1) is 0 Å². The molecule has 4 aliphatic heterocycles.